The molecule has 0 aliphatic carbocycles. The maximum Gasteiger partial charge on any atom is 0.311 e. The fourth-order valence-electron chi connectivity index (χ4n) is 1.70. The molecule has 1 N–H and O–H groups in total. The van der Waals surface area contributed by atoms with Crippen molar-refractivity contribution in [2.24, 2.45) is 5.92 Å². The minimum atomic E-state index is -0.745. The first-order valence-electron chi connectivity index (χ1n) is 5.64. The maximum atomic E-state index is 11.1. The molecule has 0 spiro atoms. The van der Waals surface area contributed by atoms with Crippen molar-refractivity contribution in [2.75, 3.05) is 0 Å². The topological polar surface area (TPSA) is 50.2 Å². The molecule has 1 unspecified atom stereocenters. The van der Waals surface area contributed by atoms with Crippen LogP contribution in [0, 0.1) is 12.8 Å². The van der Waals surface area contributed by atoms with E-state index < -0.39 is 11.9 Å². The molecule has 1 rings (SSSR count). The number of rotatable bonds is 5. The van der Waals surface area contributed by atoms with Gasteiger partial charge in [-0.25, -0.2) is 4.98 Å². The van der Waals surface area contributed by atoms with Crippen molar-refractivity contribution >= 4 is 17.3 Å². The fourth-order valence-corrected chi connectivity index (χ4v) is 3.15. The van der Waals surface area contributed by atoms with Crippen molar-refractivity contribution in [3.8, 4) is 0 Å². The molecule has 4 heteroatoms. The second-order valence-electron chi connectivity index (χ2n) is 4.45. The normalized spacial score (nSPS) is 13.1. The van der Waals surface area contributed by atoms with E-state index in [1.165, 1.54) is 0 Å². The highest BCUT2D eigenvalue weighted by Crippen LogP contribution is 2.30. The van der Waals surface area contributed by atoms with E-state index in [2.05, 4.69) is 18.8 Å². The highest BCUT2D eigenvalue weighted by Gasteiger charge is 2.23. The molecule has 1 heterocycles. The summed E-state index contributed by atoms with van der Waals surface area (Å²) in [6.07, 6.45) is 1.56. The molecule has 0 amide bonds. The predicted octanol–water partition coefficient (Wildman–Crippen LogP) is 3.23. The third kappa shape index (κ3) is 3.04. The Bertz CT molecular complexity index is 371. The summed E-state index contributed by atoms with van der Waals surface area (Å²) in [5, 5.41) is 10.2. The van der Waals surface area contributed by atoms with Gasteiger partial charge in [0.25, 0.3) is 0 Å². The Balaban J connectivity index is 2.96. The van der Waals surface area contributed by atoms with Crippen molar-refractivity contribution in [3.05, 3.63) is 15.6 Å². The van der Waals surface area contributed by atoms with Crippen LogP contribution in [0.25, 0.3) is 0 Å². The zero-order valence-corrected chi connectivity index (χ0v) is 11.1. The quantitative estimate of drug-likeness (QED) is 0.861. The van der Waals surface area contributed by atoms with Gasteiger partial charge in [0.15, 0.2) is 0 Å². The van der Waals surface area contributed by atoms with Crippen molar-refractivity contribution in [3.63, 3.8) is 0 Å². The van der Waals surface area contributed by atoms with Crippen LogP contribution in [0.2, 0.25) is 0 Å². The summed E-state index contributed by atoms with van der Waals surface area (Å²) in [7, 11) is 0. The third-order valence-electron chi connectivity index (χ3n) is 2.48. The smallest absolute Gasteiger partial charge is 0.311 e. The molecular formula is C12H19NO2S. The second kappa shape index (κ2) is 5.43. The molecule has 0 saturated heterocycles. The van der Waals surface area contributed by atoms with E-state index in [-0.39, 0.29) is 0 Å². The molecule has 0 bridgehead atoms. The maximum absolute atomic E-state index is 11.1. The largest absolute Gasteiger partial charge is 0.481 e. The van der Waals surface area contributed by atoms with Gasteiger partial charge in [-0.05, 0) is 19.3 Å². The minimum absolute atomic E-state index is 0.390. The number of hydrogen-bond donors (Lipinski definition) is 1. The second-order valence-corrected chi connectivity index (χ2v) is 5.57. The van der Waals surface area contributed by atoms with Gasteiger partial charge in [-0.15, -0.1) is 11.3 Å². The molecule has 0 radical (unpaired) electrons. The minimum Gasteiger partial charge on any atom is -0.481 e. The van der Waals surface area contributed by atoms with Gasteiger partial charge in [0.1, 0.15) is 0 Å². The Hall–Kier alpha value is -0.900. The van der Waals surface area contributed by atoms with Gasteiger partial charge in [-0.3, -0.25) is 4.79 Å². The van der Waals surface area contributed by atoms with Gasteiger partial charge in [-0.2, -0.15) is 0 Å². The first-order chi connectivity index (χ1) is 7.45. The van der Waals surface area contributed by atoms with Crippen molar-refractivity contribution in [2.45, 2.75) is 46.5 Å². The predicted molar refractivity (Wildman–Crippen MR) is 66.1 cm³/mol. The molecule has 0 saturated carbocycles. The molecule has 0 aliphatic rings. The average molecular weight is 241 g/mol. The Morgan fingerprint density at radius 1 is 1.50 bits per heavy atom. The van der Waals surface area contributed by atoms with E-state index in [9.17, 15) is 4.79 Å². The summed E-state index contributed by atoms with van der Waals surface area (Å²) in [4.78, 5) is 16.5. The zero-order valence-electron chi connectivity index (χ0n) is 10.3. The van der Waals surface area contributed by atoms with E-state index in [0.717, 1.165) is 22.0 Å². The summed E-state index contributed by atoms with van der Waals surface area (Å²) in [6.45, 7) is 8.09. The molecule has 16 heavy (non-hydrogen) atoms. The molecule has 1 aromatic rings. The van der Waals surface area contributed by atoms with Crippen LogP contribution in [0.5, 0.6) is 0 Å². The van der Waals surface area contributed by atoms with Crippen LogP contribution in [-0.2, 0) is 11.2 Å². The van der Waals surface area contributed by atoms with Gasteiger partial charge >= 0.3 is 5.97 Å². The van der Waals surface area contributed by atoms with Gasteiger partial charge in [0.05, 0.1) is 16.6 Å². The Labute approximate surface area is 101 Å². The number of carbonyl (C=O) groups is 1. The lowest BCUT2D eigenvalue weighted by Gasteiger charge is -2.07. The molecule has 1 atom stereocenters. The highest BCUT2D eigenvalue weighted by atomic mass is 32.1. The third-order valence-corrected chi connectivity index (χ3v) is 3.78. The lowest BCUT2D eigenvalue weighted by atomic mass is 10.0. The summed E-state index contributed by atoms with van der Waals surface area (Å²) in [6, 6.07) is 0. The van der Waals surface area contributed by atoms with E-state index in [0.29, 0.717) is 12.3 Å². The highest BCUT2D eigenvalue weighted by molar-refractivity contribution is 7.12. The average Bonchev–Trinajstić information content (AvgIpc) is 2.46. The van der Waals surface area contributed by atoms with E-state index in [4.69, 9.17) is 5.11 Å². The van der Waals surface area contributed by atoms with Crippen molar-refractivity contribution in [1.82, 2.24) is 4.98 Å². The van der Waals surface area contributed by atoms with Gasteiger partial charge < -0.3 is 5.11 Å². The van der Waals surface area contributed by atoms with Crippen LogP contribution in [0.15, 0.2) is 0 Å². The molecule has 3 nitrogen and oxygen atoms in total. The van der Waals surface area contributed by atoms with Crippen LogP contribution in [0.4, 0.5) is 0 Å². The van der Waals surface area contributed by atoms with E-state index in [1.807, 2.05) is 13.8 Å². The number of aryl methyl sites for hydroxylation is 1. The summed E-state index contributed by atoms with van der Waals surface area (Å²) in [5.74, 6) is -0.577. The van der Waals surface area contributed by atoms with Crippen LogP contribution >= 0.6 is 11.3 Å². The van der Waals surface area contributed by atoms with Crippen LogP contribution < -0.4 is 0 Å². The van der Waals surface area contributed by atoms with Crippen molar-refractivity contribution in [1.29, 1.82) is 0 Å². The van der Waals surface area contributed by atoms with Gasteiger partial charge in [0, 0.05) is 11.3 Å². The van der Waals surface area contributed by atoms with E-state index >= 15 is 0 Å². The van der Waals surface area contributed by atoms with E-state index in [1.54, 1.807) is 11.3 Å². The Kier molecular flexibility index (Phi) is 4.47. The lowest BCUT2D eigenvalue weighted by Crippen LogP contribution is -2.09. The number of nitrogens with zero attached hydrogens (tertiary/aromatic N) is 1. The van der Waals surface area contributed by atoms with Crippen LogP contribution in [-0.4, -0.2) is 16.1 Å². The number of carboxylic acids is 1. The summed E-state index contributed by atoms with van der Waals surface area (Å²) in [5.41, 5.74) is 0.884. The SMILES string of the molecule is CCC(C(=O)O)c1sc(CC(C)C)nc1C. The lowest BCUT2D eigenvalue weighted by molar-refractivity contribution is -0.138. The molecule has 90 valence electrons. The number of aromatic nitrogens is 1. The van der Waals surface area contributed by atoms with Gasteiger partial charge in [0.2, 0.25) is 0 Å². The molecule has 1 aromatic heterocycles. The molecule has 0 fully saturated rings. The summed E-state index contributed by atoms with van der Waals surface area (Å²) >= 11 is 1.56. The summed E-state index contributed by atoms with van der Waals surface area (Å²) < 4.78 is 0. The van der Waals surface area contributed by atoms with Crippen LogP contribution in [0.3, 0.4) is 0 Å². The standard InChI is InChI=1S/C12H19NO2S/c1-5-9(12(14)15)11-8(4)13-10(16-11)6-7(2)3/h7,9H,5-6H2,1-4H3,(H,14,15). The monoisotopic (exact) mass is 241 g/mol. The number of carboxylic acid groups (broad SMARTS) is 1. The Morgan fingerprint density at radius 2 is 2.12 bits per heavy atom. The number of aliphatic carboxylic acids is 1. The molecular weight excluding hydrogens is 222 g/mol. The fraction of sp³-hybridized carbons (Fsp3) is 0.667. The first-order valence-corrected chi connectivity index (χ1v) is 6.46. The number of thiazole rings is 1. The molecule has 0 aromatic carbocycles. The first kappa shape index (κ1) is 13.2. The van der Waals surface area contributed by atoms with Gasteiger partial charge in [-0.1, -0.05) is 20.8 Å². The number of hydrogen-bond acceptors (Lipinski definition) is 3. The van der Waals surface area contributed by atoms with Crippen LogP contribution in [0.1, 0.15) is 48.7 Å². The Morgan fingerprint density at radius 3 is 2.56 bits per heavy atom. The zero-order chi connectivity index (χ0) is 12.3. The molecule has 0 aliphatic heterocycles. The van der Waals surface area contributed by atoms with Crippen molar-refractivity contribution < 1.29 is 9.90 Å².